The van der Waals surface area contributed by atoms with E-state index in [0.29, 0.717) is 0 Å². The van der Waals surface area contributed by atoms with E-state index in [-0.39, 0.29) is 0 Å². The van der Waals surface area contributed by atoms with E-state index in [9.17, 15) is 0 Å². The van der Waals surface area contributed by atoms with E-state index in [0.717, 1.165) is 19.6 Å². The van der Waals surface area contributed by atoms with Crippen molar-refractivity contribution in [1.29, 1.82) is 0 Å². The van der Waals surface area contributed by atoms with Crippen molar-refractivity contribution < 1.29 is 0 Å². The molecule has 1 N–H and O–H groups in total. The van der Waals surface area contributed by atoms with Crippen molar-refractivity contribution in [3.05, 3.63) is 66.0 Å². The monoisotopic (exact) mass is 265 g/mol. The van der Waals surface area contributed by atoms with Gasteiger partial charge in [0, 0.05) is 18.3 Å². The summed E-state index contributed by atoms with van der Waals surface area (Å²) in [5, 5.41) is 10.4. The maximum atomic E-state index is 4.45. The first-order valence-electron chi connectivity index (χ1n) is 7.05. The third-order valence-corrected chi connectivity index (χ3v) is 3.48. The standard InChI is InChI=1S/C17H19N3/c1-2-18-10-14-11-19-20(12-14)13-16-8-5-7-15-6-3-4-9-17(15)16/h3-9,11-12,18H,2,10,13H2,1H3. The lowest BCUT2D eigenvalue weighted by molar-refractivity contribution is 0.686. The summed E-state index contributed by atoms with van der Waals surface area (Å²) in [7, 11) is 0. The Morgan fingerprint density at radius 1 is 1.10 bits per heavy atom. The fraction of sp³-hybridized carbons (Fsp3) is 0.235. The molecule has 3 aromatic rings. The van der Waals surface area contributed by atoms with E-state index in [1.807, 2.05) is 10.9 Å². The fourth-order valence-corrected chi connectivity index (χ4v) is 2.46. The van der Waals surface area contributed by atoms with Crippen LogP contribution in [0.2, 0.25) is 0 Å². The van der Waals surface area contributed by atoms with Crippen LogP contribution in [0.4, 0.5) is 0 Å². The van der Waals surface area contributed by atoms with Crippen molar-refractivity contribution in [2.75, 3.05) is 6.54 Å². The molecule has 20 heavy (non-hydrogen) atoms. The Morgan fingerprint density at radius 2 is 1.95 bits per heavy atom. The molecule has 0 spiro atoms. The zero-order valence-electron chi connectivity index (χ0n) is 11.7. The highest BCUT2D eigenvalue weighted by Gasteiger charge is 2.03. The molecule has 0 saturated heterocycles. The van der Waals surface area contributed by atoms with Gasteiger partial charge in [-0.15, -0.1) is 0 Å². The molecule has 0 aliphatic carbocycles. The van der Waals surface area contributed by atoms with E-state index in [1.54, 1.807) is 0 Å². The predicted octanol–water partition coefficient (Wildman–Crippen LogP) is 3.19. The molecule has 1 heterocycles. The second-order valence-electron chi connectivity index (χ2n) is 4.96. The Bertz CT molecular complexity index is 695. The molecule has 0 radical (unpaired) electrons. The fourth-order valence-electron chi connectivity index (χ4n) is 2.46. The number of rotatable bonds is 5. The largest absolute Gasteiger partial charge is 0.313 e. The first-order chi connectivity index (χ1) is 9.86. The second kappa shape index (κ2) is 5.88. The first-order valence-corrected chi connectivity index (χ1v) is 7.05. The van der Waals surface area contributed by atoms with Gasteiger partial charge in [-0.2, -0.15) is 5.10 Å². The Balaban J connectivity index is 1.84. The molecule has 0 unspecified atom stereocenters. The number of fused-ring (bicyclic) bond motifs is 1. The lowest BCUT2D eigenvalue weighted by atomic mass is 10.0. The van der Waals surface area contributed by atoms with Crippen LogP contribution in [0.1, 0.15) is 18.1 Å². The molecule has 3 nitrogen and oxygen atoms in total. The lowest BCUT2D eigenvalue weighted by Gasteiger charge is -2.06. The highest BCUT2D eigenvalue weighted by molar-refractivity contribution is 5.85. The minimum absolute atomic E-state index is 0.813. The molecule has 0 atom stereocenters. The molecule has 0 aliphatic heterocycles. The molecule has 0 aliphatic rings. The summed E-state index contributed by atoms with van der Waals surface area (Å²) in [5.74, 6) is 0. The van der Waals surface area contributed by atoms with Crippen LogP contribution in [0.25, 0.3) is 10.8 Å². The molecule has 1 aromatic heterocycles. The highest BCUT2D eigenvalue weighted by atomic mass is 15.3. The van der Waals surface area contributed by atoms with E-state index >= 15 is 0 Å². The van der Waals surface area contributed by atoms with Crippen LogP contribution < -0.4 is 5.32 Å². The quantitative estimate of drug-likeness (QED) is 0.768. The first kappa shape index (κ1) is 12.9. The average Bonchev–Trinajstić information content (AvgIpc) is 2.93. The number of aromatic nitrogens is 2. The third kappa shape index (κ3) is 2.73. The molecule has 0 amide bonds. The summed E-state index contributed by atoms with van der Waals surface area (Å²) >= 11 is 0. The second-order valence-corrected chi connectivity index (χ2v) is 4.96. The van der Waals surface area contributed by atoms with Crippen molar-refractivity contribution in [3.63, 3.8) is 0 Å². The Morgan fingerprint density at radius 3 is 2.85 bits per heavy atom. The van der Waals surface area contributed by atoms with Crippen molar-refractivity contribution >= 4 is 10.8 Å². The topological polar surface area (TPSA) is 29.9 Å². The van der Waals surface area contributed by atoms with Gasteiger partial charge in [0.2, 0.25) is 0 Å². The number of benzene rings is 2. The summed E-state index contributed by atoms with van der Waals surface area (Å²) in [6.07, 6.45) is 4.05. The van der Waals surface area contributed by atoms with Gasteiger partial charge in [0.15, 0.2) is 0 Å². The number of hydrogen-bond donors (Lipinski definition) is 1. The van der Waals surface area contributed by atoms with Gasteiger partial charge in [-0.05, 0) is 22.9 Å². The van der Waals surface area contributed by atoms with Gasteiger partial charge < -0.3 is 5.32 Å². The Labute approximate surface area is 119 Å². The predicted molar refractivity (Wildman–Crippen MR) is 82.7 cm³/mol. The maximum Gasteiger partial charge on any atom is 0.0665 e. The molecule has 0 saturated carbocycles. The van der Waals surface area contributed by atoms with E-state index in [4.69, 9.17) is 0 Å². The van der Waals surface area contributed by atoms with Crippen molar-refractivity contribution in [1.82, 2.24) is 15.1 Å². The van der Waals surface area contributed by atoms with Crippen LogP contribution in [0.15, 0.2) is 54.9 Å². The summed E-state index contributed by atoms with van der Waals surface area (Å²) in [5.41, 5.74) is 2.54. The summed E-state index contributed by atoms with van der Waals surface area (Å²) < 4.78 is 2.01. The molecule has 3 rings (SSSR count). The van der Waals surface area contributed by atoms with Crippen molar-refractivity contribution in [3.8, 4) is 0 Å². The molecule has 2 aromatic carbocycles. The number of nitrogens with zero attached hydrogens (tertiary/aromatic N) is 2. The summed E-state index contributed by atoms with van der Waals surface area (Å²) in [6.45, 7) is 4.79. The Hall–Kier alpha value is -2.13. The third-order valence-electron chi connectivity index (χ3n) is 3.48. The molecule has 102 valence electrons. The van der Waals surface area contributed by atoms with Crippen LogP contribution in [0.5, 0.6) is 0 Å². The molecule has 3 heteroatoms. The van der Waals surface area contributed by atoms with Gasteiger partial charge in [0.1, 0.15) is 0 Å². The molecular formula is C17H19N3. The Kier molecular flexibility index (Phi) is 3.79. The van der Waals surface area contributed by atoms with Gasteiger partial charge in [-0.25, -0.2) is 0 Å². The summed E-state index contributed by atoms with van der Waals surface area (Å²) in [4.78, 5) is 0. The lowest BCUT2D eigenvalue weighted by Crippen LogP contribution is -2.11. The van der Waals surface area contributed by atoms with Gasteiger partial charge in [-0.1, -0.05) is 49.4 Å². The van der Waals surface area contributed by atoms with E-state index in [2.05, 4.69) is 66.0 Å². The molecule has 0 bridgehead atoms. The highest BCUT2D eigenvalue weighted by Crippen LogP contribution is 2.19. The minimum Gasteiger partial charge on any atom is -0.313 e. The van der Waals surface area contributed by atoms with E-state index < -0.39 is 0 Å². The zero-order chi connectivity index (χ0) is 13.8. The van der Waals surface area contributed by atoms with Gasteiger partial charge in [0.25, 0.3) is 0 Å². The van der Waals surface area contributed by atoms with E-state index in [1.165, 1.54) is 21.9 Å². The smallest absolute Gasteiger partial charge is 0.0665 e. The number of nitrogens with one attached hydrogen (secondary N) is 1. The van der Waals surface area contributed by atoms with Crippen LogP contribution in [0.3, 0.4) is 0 Å². The SMILES string of the molecule is CCNCc1cnn(Cc2cccc3ccccc23)c1. The molecular weight excluding hydrogens is 246 g/mol. The zero-order valence-corrected chi connectivity index (χ0v) is 11.7. The summed E-state index contributed by atoms with van der Waals surface area (Å²) in [6, 6.07) is 14.9. The van der Waals surface area contributed by atoms with Gasteiger partial charge in [-0.3, -0.25) is 4.68 Å². The normalized spacial score (nSPS) is 11.1. The maximum absolute atomic E-state index is 4.45. The van der Waals surface area contributed by atoms with Gasteiger partial charge in [0.05, 0.1) is 12.7 Å². The van der Waals surface area contributed by atoms with Crippen LogP contribution in [-0.4, -0.2) is 16.3 Å². The minimum atomic E-state index is 0.813. The molecule has 0 fully saturated rings. The van der Waals surface area contributed by atoms with Crippen molar-refractivity contribution in [2.24, 2.45) is 0 Å². The van der Waals surface area contributed by atoms with Crippen LogP contribution in [-0.2, 0) is 13.1 Å². The van der Waals surface area contributed by atoms with Gasteiger partial charge >= 0.3 is 0 Å². The van der Waals surface area contributed by atoms with Crippen LogP contribution in [0, 0.1) is 0 Å². The average molecular weight is 265 g/mol. The number of hydrogen-bond acceptors (Lipinski definition) is 2. The van der Waals surface area contributed by atoms with Crippen molar-refractivity contribution in [2.45, 2.75) is 20.0 Å². The van der Waals surface area contributed by atoms with Crippen LogP contribution >= 0.6 is 0 Å².